The summed E-state index contributed by atoms with van der Waals surface area (Å²) in [5.74, 6) is 0.307. The molecule has 2 aromatic rings. The number of rotatable bonds is 5. The highest BCUT2D eigenvalue weighted by atomic mass is 35.7. The van der Waals surface area contributed by atoms with Crippen molar-refractivity contribution < 1.29 is 5.11 Å². The van der Waals surface area contributed by atoms with E-state index in [1.165, 1.54) is 16.7 Å². The Bertz CT molecular complexity index is 567. The molecule has 106 valence electrons. The normalized spacial score (nSPS) is 11.0. The third-order valence-electron chi connectivity index (χ3n) is 3.32. The molecule has 2 rings (SSSR count). The molecule has 0 saturated heterocycles. The first-order valence-electron chi connectivity index (χ1n) is 6.73. The van der Waals surface area contributed by atoms with Gasteiger partial charge in [0.25, 0.3) is 0 Å². The largest absolute Gasteiger partial charge is 0.508 e. The third kappa shape index (κ3) is 4.27. The fourth-order valence-corrected chi connectivity index (χ4v) is 3.69. The molecule has 0 amide bonds. The summed E-state index contributed by atoms with van der Waals surface area (Å²) in [5.41, 5.74) is 4.74. The van der Waals surface area contributed by atoms with Crippen LogP contribution in [0, 0.1) is 6.92 Å². The van der Waals surface area contributed by atoms with E-state index < -0.39 is 7.42 Å². The van der Waals surface area contributed by atoms with Gasteiger partial charge in [-0.3, -0.25) is 0 Å². The Kier molecular flexibility index (Phi) is 5.52. The quantitative estimate of drug-likeness (QED) is 0.606. The predicted octanol–water partition coefficient (Wildman–Crippen LogP) is 5.00. The van der Waals surface area contributed by atoms with E-state index in [1.807, 2.05) is 12.1 Å². The topological polar surface area (TPSA) is 20.2 Å². The monoisotopic (exact) mass is 324 g/mol. The summed E-state index contributed by atoms with van der Waals surface area (Å²) in [6.07, 6.45) is 1.85. The second kappa shape index (κ2) is 7.16. The van der Waals surface area contributed by atoms with E-state index in [0.29, 0.717) is 5.75 Å². The highest BCUT2D eigenvalue weighted by Crippen LogP contribution is 2.29. The van der Waals surface area contributed by atoms with Crippen molar-refractivity contribution in [1.82, 2.24) is 0 Å². The van der Waals surface area contributed by atoms with Crippen LogP contribution in [0.25, 0.3) is 11.1 Å². The summed E-state index contributed by atoms with van der Waals surface area (Å²) in [5, 5.41) is 9.69. The highest BCUT2D eigenvalue weighted by molar-refractivity contribution is 7.33. The minimum Gasteiger partial charge on any atom is -0.508 e. The molecule has 0 fully saturated rings. The van der Waals surface area contributed by atoms with Crippen LogP contribution in [0.4, 0.5) is 0 Å². The molecule has 0 unspecified atom stereocenters. The van der Waals surface area contributed by atoms with Crippen molar-refractivity contribution in [1.29, 1.82) is 0 Å². The van der Waals surface area contributed by atoms with Crippen LogP contribution in [0.2, 0.25) is 6.04 Å². The maximum atomic E-state index is 9.69. The van der Waals surface area contributed by atoms with Crippen molar-refractivity contribution in [2.24, 2.45) is 0 Å². The van der Waals surface area contributed by atoms with Crippen molar-refractivity contribution in [2.45, 2.75) is 25.8 Å². The minimum atomic E-state index is -1.54. The number of phenols is 1. The van der Waals surface area contributed by atoms with Crippen molar-refractivity contribution in [2.75, 3.05) is 0 Å². The molecule has 2 aromatic carbocycles. The van der Waals surface area contributed by atoms with Crippen LogP contribution < -0.4 is 0 Å². The maximum Gasteiger partial charge on any atom is 0.237 e. The lowest BCUT2D eigenvalue weighted by Crippen LogP contribution is -1.96. The number of aryl methyl sites for hydroxylation is 2. The van der Waals surface area contributed by atoms with Crippen LogP contribution in [-0.2, 0) is 6.42 Å². The number of aromatic hydroxyl groups is 1. The Morgan fingerprint density at radius 3 is 2.40 bits per heavy atom. The molecule has 4 heteroatoms. The van der Waals surface area contributed by atoms with Crippen LogP contribution in [0.3, 0.4) is 0 Å². The van der Waals surface area contributed by atoms with E-state index in [0.717, 1.165) is 24.4 Å². The molecule has 0 spiro atoms. The second-order valence-electron chi connectivity index (χ2n) is 4.99. The molecule has 1 nitrogen and oxygen atoms in total. The van der Waals surface area contributed by atoms with Crippen LogP contribution in [-0.4, -0.2) is 12.5 Å². The molecule has 0 bridgehead atoms. The number of hydrogen-bond donors (Lipinski definition) is 1. The smallest absolute Gasteiger partial charge is 0.237 e. The first-order valence-corrected chi connectivity index (χ1v) is 11.0. The fraction of sp³-hybridized carbons (Fsp3) is 0.250. The Morgan fingerprint density at radius 2 is 1.75 bits per heavy atom. The molecule has 0 aliphatic heterocycles. The van der Waals surface area contributed by atoms with Crippen molar-refractivity contribution in [3.63, 3.8) is 0 Å². The third-order valence-corrected chi connectivity index (χ3v) is 5.47. The van der Waals surface area contributed by atoms with Crippen LogP contribution in [0.5, 0.6) is 5.75 Å². The maximum absolute atomic E-state index is 9.69. The minimum absolute atomic E-state index is 0.307. The van der Waals surface area contributed by atoms with E-state index in [4.69, 9.17) is 22.2 Å². The van der Waals surface area contributed by atoms with Crippen LogP contribution >= 0.6 is 22.2 Å². The lowest BCUT2D eigenvalue weighted by molar-refractivity contribution is 0.474. The standard InChI is InChI=1S/C16H18Cl2OSi/c1-12-4-6-13(7-5-12)16-9-8-15(19)11-14(16)3-2-10-20(17)18/h4-9,11,19-20H,2-3,10H2,1H3. The molecule has 1 N–H and O–H groups in total. The van der Waals surface area contributed by atoms with Gasteiger partial charge in [-0.25, -0.2) is 0 Å². The van der Waals surface area contributed by atoms with Gasteiger partial charge in [0.15, 0.2) is 0 Å². The van der Waals surface area contributed by atoms with Gasteiger partial charge in [0.1, 0.15) is 5.75 Å². The highest BCUT2D eigenvalue weighted by Gasteiger charge is 2.08. The average molecular weight is 325 g/mol. The summed E-state index contributed by atoms with van der Waals surface area (Å²) in [6.45, 7) is 2.08. The zero-order chi connectivity index (χ0) is 14.5. The summed E-state index contributed by atoms with van der Waals surface area (Å²) in [4.78, 5) is 0. The Hall–Kier alpha value is -0.963. The Labute approximate surface area is 131 Å². The Balaban J connectivity index is 2.25. The predicted molar refractivity (Wildman–Crippen MR) is 90.3 cm³/mol. The summed E-state index contributed by atoms with van der Waals surface area (Å²) >= 11 is 11.8. The van der Waals surface area contributed by atoms with Crippen molar-refractivity contribution >= 4 is 29.6 Å². The van der Waals surface area contributed by atoms with Crippen LogP contribution in [0.15, 0.2) is 42.5 Å². The van der Waals surface area contributed by atoms with E-state index >= 15 is 0 Å². The van der Waals surface area contributed by atoms with Gasteiger partial charge in [-0.05, 0) is 54.6 Å². The summed E-state index contributed by atoms with van der Waals surface area (Å²) < 4.78 is 0. The first kappa shape index (κ1) is 15.4. The van der Waals surface area contributed by atoms with E-state index in [9.17, 15) is 5.11 Å². The molecular weight excluding hydrogens is 307 g/mol. The first-order chi connectivity index (χ1) is 9.56. The number of phenolic OH excluding ortho intramolecular Hbond substituents is 1. The molecule has 0 atom stereocenters. The second-order valence-corrected chi connectivity index (χ2v) is 10.2. The van der Waals surface area contributed by atoms with Gasteiger partial charge in [0, 0.05) is 0 Å². The molecular formula is C16H18Cl2OSi. The lowest BCUT2D eigenvalue weighted by Gasteiger charge is -2.11. The van der Waals surface area contributed by atoms with Gasteiger partial charge in [0.05, 0.1) is 0 Å². The van der Waals surface area contributed by atoms with E-state index in [1.54, 1.807) is 6.07 Å². The van der Waals surface area contributed by atoms with Gasteiger partial charge in [-0.2, -0.15) is 22.2 Å². The number of benzene rings is 2. The van der Waals surface area contributed by atoms with Gasteiger partial charge in [0.2, 0.25) is 7.42 Å². The molecule has 0 heterocycles. The van der Waals surface area contributed by atoms with E-state index in [-0.39, 0.29) is 0 Å². The number of hydrogen-bond acceptors (Lipinski definition) is 1. The zero-order valence-electron chi connectivity index (χ0n) is 11.4. The molecule has 0 saturated carbocycles. The van der Waals surface area contributed by atoms with Gasteiger partial charge in [-0.1, -0.05) is 35.9 Å². The average Bonchev–Trinajstić information content (AvgIpc) is 2.40. The zero-order valence-corrected chi connectivity index (χ0v) is 14.1. The van der Waals surface area contributed by atoms with Gasteiger partial charge in [-0.15, -0.1) is 0 Å². The number of halogens is 2. The van der Waals surface area contributed by atoms with Crippen molar-refractivity contribution in [3.05, 3.63) is 53.6 Å². The SMILES string of the molecule is Cc1ccc(-c2ccc(O)cc2CCC[SiH](Cl)Cl)cc1. The lowest BCUT2D eigenvalue weighted by atomic mass is 9.96. The molecule has 20 heavy (non-hydrogen) atoms. The summed E-state index contributed by atoms with van der Waals surface area (Å²) in [7, 11) is -1.54. The summed E-state index contributed by atoms with van der Waals surface area (Å²) in [6, 6.07) is 14.9. The molecule has 0 aromatic heterocycles. The van der Waals surface area contributed by atoms with E-state index in [2.05, 4.69) is 31.2 Å². The van der Waals surface area contributed by atoms with Gasteiger partial charge >= 0.3 is 0 Å². The van der Waals surface area contributed by atoms with Crippen molar-refractivity contribution in [3.8, 4) is 16.9 Å². The molecule has 0 radical (unpaired) electrons. The molecule has 0 aliphatic rings. The Morgan fingerprint density at radius 1 is 1.05 bits per heavy atom. The fourth-order valence-electron chi connectivity index (χ4n) is 2.25. The molecule has 0 aliphatic carbocycles. The van der Waals surface area contributed by atoms with Gasteiger partial charge < -0.3 is 5.11 Å². The van der Waals surface area contributed by atoms with Crippen LogP contribution in [0.1, 0.15) is 17.5 Å².